The van der Waals surface area contributed by atoms with Gasteiger partial charge >= 0.3 is 5.97 Å². The number of carboxylic acid groups (broad SMARTS) is 1. The van der Waals surface area contributed by atoms with E-state index in [1.807, 2.05) is 6.92 Å². The SMILES string of the molecule is C=C(CCC(C(=O)O)C1CCC2C3=C(O)CC(C)C(C)(CCC(C)O)C3=CCC21C)C(C)C. The zero-order valence-electron chi connectivity index (χ0n) is 21.7. The molecule has 0 aromatic carbocycles. The fraction of sp³-hybridized carbons (Fsp3) is 0.759. The lowest BCUT2D eigenvalue weighted by atomic mass is 9.53. The lowest BCUT2D eigenvalue weighted by Crippen LogP contribution is -2.43. The number of aliphatic hydroxyl groups is 2. The average molecular weight is 459 g/mol. The molecule has 0 aliphatic heterocycles. The van der Waals surface area contributed by atoms with Gasteiger partial charge in [0.05, 0.1) is 17.8 Å². The molecule has 1 fully saturated rings. The highest BCUT2D eigenvalue weighted by molar-refractivity contribution is 5.70. The van der Waals surface area contributed by atoms with E-state index in [0.29, 0.717) is 30.4 Å². The van der Waals surface area contributed by atoms with E-state index in [4.69, 9.17) is 0 Å². The van der Waals surface area contributed by atoms with E-state index in [9.17, 15) is 20.1 Å². The van der Waals surface area contributed by atoms with Gasteiger partial charge < -0.3 is 15.3 Å². The van der Waals surface area contributed by atoms with Crippen LogP contribution in [0.2, 0.25) is 0 Å². The summed E-state index contributed by atoms with van der Waals surface area (Å²) in [6, 6.07) is 0. The van der Waals surface area contributed by atoms with Crippen LogP contribution in [0.1, 0.15) is 92.9 Å². The van der Waals surface area contributed by atoms with Gasteiger partial charge in [-0.25, -0.2) is 0 Å². The van der Waals surface area contributed by atoms with Gasteiger partial charge in [-0.15, -0.1) is 0 Å². The molecule has 0 heterocycles. The second-order valence-corrected chi connectivity index (χ2v) is 12.1. The second kappa shape index (κ2) is 9.60. The van der Waals surface area contributed by atoms with E-state index in [-0.39, 0.29) is 34.7 Å². The molecular formula is C29H46O4. The first-order valence-electron chi connectivity index (χ1n) is 13.0. The number of carbonyl (C=O) groups is 1. The molecule has 0 amide bonds. The molecular weight excluding hydrogens is 412 g/mol. The molecule has 33 heavy (non-hydrogen) atoms. The quantitative estimate of drug-likeness (QED) is 0.323. The maximum atomic E-state index is 12.4. The Balaban J connectivity index is 1.93. The zero-order valence-corrected chi connectivity index (χ0v) is 21.7. The average Bonchev–Trinajstić information content (AvgIpc) is 3.07. The van der Waals surface area contributed by atoms with E-state index in [1.54, 1.807) is 0 Å². The summed E-state index contributed by atoms with van der Waals surface area (Å²) in [5, 5.41) is 31.3. The fourth-order valence-corrected chi connectivity index (χ4v) is 7.12. The normalized spacial score (nSPS) is 35.6. The highest BCUT2D eigenvalue weighted by Gasteiger charge is 2.57. The fourth-order valence-electron chi connectivity index (χ4n) is 7.12. The number of aliphatic carboxylic acids is 1. The third kappa shape index (κ3) is 4.70. The Morgan fingerprint density at radius 3 is 2.45 bits per heavy atom. The summed E-state index contributed by atoms with van der Waals surface area (Å²) in [5.41, 5.74) is 3.28. The number of hydrogen-bond donors (Lipinski definition) is 3. The van der Waals surface area contributed by atoms with Gasteiger partial charge in [-0.05, 0) is 97.5 Å². The van der Waals surface area contributed by atoms with Gasteiger partial charge in [-0.2, -0.15) is 0 Å². The Morgan fingerprint density at radius 1 is 1.21 bits per heavy atom. The third-order valence-corrected chi connectivity index (χ3v) is 9.78. The molecule has 0 aromatic heterocycles. The Labute approximate surface area is 200 Å². The predicted octanol–water partition coefficient (Wildman–Crippen LogP) is 7.06. The molecule has 186 valence electrons. The molecule has 0 spiro atoms. The van der Waals surface area contributed by atoms with Crippen LogP contribution in [0, 0.1) is 40.4 Å². The Morgan fingerprint density at radius 2 is 1.88 bits per heavy atom. The number of fused-ring (bicyclic) bond motifs is 3. The van der Waals surface area contributed by atoms with Crippen LogP contribution in [-0.2, 0) is 4.79 Å². The Hall–Kier alpha value is -1.55. The molecule has 0 aromatic rings. The monoisotopic (exact) mass is 458 g/mol. The summed E-state index contributed by atoms with van der Waals surface area (Å²) in [6.07, 6.45) is 8.39. The molecule has 7 atom stereocenters. The molecule has 4 heteroatoms. The largest absolute Gasteiger partial charge is 0.512 e. The first-order chi connectivity index (χ1) is 15.3. The second-order valence-electron chi connectivity index (χ2n) is 12.1. The summed E-state index contributed by atoms with van der Waals surface area (Å²) in [7, 11) is 0. The molecule has 3 rings (SSSR count). The highest BCUT2D eigenvalue weighted by atomic mass is 16.4. The molecule has 0 bridgehead atoms. The van der Waals surface area contributed by atoms with E-state index < -0.39 is 5.97 Å². The van der Waals surface area contributed by atoms with Crippen LogP contribution in [-0.4, -0.2) is 27.4 Å². The third-order valence-electron chi connectivity index (χ3n) is 9.78. The van der Waals surface area contributed by atoms with Crippen LogP contribution in [0.15, 0.2) is 35.1 Å². The maximum absolute atomic E-state index is 12.4. The summed E-state index contributed by atoms with van der Waals surface area (Å²) < 4.78 is 0. The molecule has 0 radical (unpaired) electrons. The minimum atomic E-state index is -0.689. The lowest BCUT2D eigenvalue weighted by molar-refractivity contribution is -0.145. The highest BCUT2D eigenvalue weighted by Crippen LogP contribution is 2.64. The predicted molar refractivity (Wildman–Crippen MR) is 134 cm³/mol. The number of aliphatic hydroxyl groups excluding tert-OH is 2. The Kier molecular flexibility index (Phi) is 7.58. The molecule has 0 saturated heterocycles. The van der Waals surface area contributed by atoms with Gasteiger partial charge in [0.1, 0.15) is 0 Å². The topological polar surface area (TPSA) is 77.8 Å². The van der Waals surface area contributed by atoms with Crippen molar-refractivity contribution < 1.29 is 20.1 Å². The van der Waals surface area contributed by atoms with Gasteiger partial charge in [-0.1, -0.05) is 52.8 Å². The van der Waals surface area contributed by atoms with E-state index in [1.165, 1.54) is 5.57 Å². The number of allylic oxidation sites excluding steroid dienone is 5. The van der Waals surface area contributed by atoms with Gasteiger partial charge in [0.2, 0.25) is 0 Å². The summed E-state index contributed by atoms with van der Waals surface area (Å²) >= 11 is 0. The van der Waals surface area contributed by atoms with Gasteiger partial charge in [0.15, 0.2) is 0 Å². The number of hydrogen-bond acceptors (Lipinski definition) is 3. The van der Waals surface area contributed by atoms with Gasteiger partial charge in [0.25, 0.3) is 0 Å². The van der Waals surface area contributed by atoms with Crippen molar-refractivity contribution >= 4 is 5.97 Å². The van der Waals surface area contributed by atoms with Crippen molar-refractivity contribution in [3.8, 4) is 0 Å². The molecule has 4 nitrogen and oxygen atoms in total. The van der Waals surface area contributed by atoms with E-state index in [0.717, 1.165) is 49.7 Å². The van der Waals surface area contributed by atoms with Crippen LogP contribution in [0.25, 0.3) is 0 Å². The van der Waals surface area contributed by atoms with Gasteiger partial charge in [0, 0.05) is 6.42 Å². The minimum absolute atomic E-state index is 0.0703. The van der Waals surface area contributed by atoms with Crippen LogP contribution in [0.3, 0.4) is 0 Å². The summed E-state index contributed by atoms with van der Waals surface area (Å²) in [4.78, 5) is 12.4. The minimum Gasteiger partial charge on any atom is -0.512 e. The Bertz CT molecular complexity index is 835. The first kappa shape index (κ1) is 26.1. The van der Waals surface area contributed by atoms with Crippen molar-refractivity contribution in [2.75, 3.05) is 0 Å². The molecule has 3 aliphatic rings. The molecule has 3 aliphatic carbocycles. The van der Waals surface area contributed by atoms with Crippen molar-refractivity contribution in [3.05, 3.63) is 35.1 Å². The van der Waals surface area contributed by atoms with Gasteiger partial charge in [-0.3, -0.25) is 4.79 Å². The van der Waals surface area contributed by atoms with Crippen molar-refractivity contribution in [2.45, 2.75) is 99.0 Å². The van der Waals surface area contributed by atoms with E-state index >= 15 is 0 Å². The standard InChI is InChI=1S/C29H46O4/c1-17(2)18(3)8-9-21(27(32)33)22-10-11-23-26-24(13-15-29(22,23)7)28(6,14-12-20(5)30)19(4)16-25(26)31/h13,17,19-23,30-31H,3,8-12,14-16H2,1-2,4-7H3,(H,32,33). The van der Waals surface area contributed by atoms with Crippen LogP contribution >= 0.6 is 0 Å². The van der Waals surface area contributed by atoms with Crippen LogP contribution in [0.4, 0.5) is 0 Å². The van der Waals surface area contributed by atoms with Crippen molar-refractivity contribution in [3.63, 3.8) is 0 Å². The summed E-state index contributed by atoms with van der Waals surface area (Å²) in [6.45, 7) is 17.0. The summed E-state index contributed by atoms with van der Waals surface area (Å²) in [5.74, 6) is 0.429. The number of rotatable bonds is 9. The van der Waals surface area contributed by atoms with Crippen molar-refractivity contribution in [2.24, 2.45) is 40.4 Å². The van der Waals surface area contributed by atoms with Crippen LogP contribution < -0.4 is 0 Å². The first-order valence-corrected chi connectivity index (χ1v) is 13.0. The zero-order chi connectivity index (χ0) is 24.7. The van der Waals surface area contributed by atoms with Crippen molar-refractivity contribution in [1.29, 1.82) is 0 Å². The smallest absolute Gasteiger partial charge is 0.306 e. The molecule has 3 N–H and O–H groups in total. The van der Waals surface area contributed by atoms with Crippen molar-refractivity contribution in [1.82, 2.24) is 0 Å². The molecule has 7 unspecified atom stereocenters. The van der Waals surface area contributed by atoms with E-state index in [2.05, 4.69) is 47.3 Å². The maximum Gasteiger partial charge on any atom is 0.306 e. The number of carboxylic acids is 1. The molecule has 1 saturated carbocycles. The lowest BCUT2D eigenvalue weighted by Gasteiger charge is -2.51. The van der Waals surface area contributed by atoms with Crippen LogP contribution in [0.5, 0.6) is 0 Å².